The van der Waals surface area contributed by atoms with Crippen molar-refractivity contribution in [3.63, 3.8) is 0 Å². The summed E-state index contributed by atoms with van der Waals surface area (Å²) in [6, 6.07) is 13.9. The number of ether oxygens (including phenoxy) is 1. The van der Waals surface area contributed by atoms with Gasteiger partial charge in [-0.3, -0.25) is 4.79 Å². The molecule has 0 saturated heterocycles. The number of benzene rings is 1. The summed E-state index contributed by atoms with van der Waals surface area (Å²) in [5, 5.41) is 7.27. The third kappa shape index (κ3) is 4.46. The molecule has 160 valence electrons. The molecule has 0 radical (unpaired) electrons. The number of hydrogen-bond acceptors (Lipinski definition) is 5. The van der Waals surface area contributed by atoms with Crippen molar-refractivity contribution in [1.82, 2.24) is 19.7 Å². The minimum absolute atomic E-state index is 0.0682. The maximum Gasteiger partial charge on any atom is 0.254 e. The van der Waals surface area contributed by atoms with E-state index in [2.05, 4.69) is 18.9 Å². The Morgan fingerprint density at radius 2 is 2.06 bits per heavy atom. The summed E-state index contributed by atoms with van der Waals surface area (Å²) in [4.78, 5) is 20.9. The number of carbonyl (C=O) groups excluding carboxylic acids is 1. The van der Waals surface area contributed by atoms with Crippen LogP contribution in [-0.4, -0.2) is 45.8 Å². The van der Waals surface area contributed by atoms with E-state index in [1.54, 1.807) is 29.5 Å². The highest BCUT2D eigenvalue weighted by Gasteiger charge is 2.21. The quantitative estimate of drug-likeness (QED) is 0.401. The number of hydrogen-bond donors (Lipinski definition) is 0. The van der Waals surface area contributed by atoms with Crippen LogP contribution >= 0.6 is 11.3 Å². The second kappa shape index (κ2) is 8.89. The first-order valence-corrected chi connectivity index (χ1v) is 11.2. The number of amides is 1. The lowest BCUT2D eigenvalue weighted by Gasteiger charge is -2.19. The van der Waals surface area contributed by atoms with Gasteiger partial charge in [0.1, 0.15) is 12.4 Å². The number of pyridine rings is 1. The molecule has 1 amide bonds. The molecule has 0 fully saturated rings. The monoisotopic (exact) mass is 434 g/mol. The topological polar surface area (TPSA) is 60.2 Å². The predicted octanol–water partition coefficient (Wildman–Crippen LogP) is 5.20. The molecule has 4 rings (SSSR count). The molecule has 3 aromatic heterocycles. The largest absolute Gasteiger partial charge is 0.492 e. The van der Waals surface area contributed by atoms with Crippen molar-refractivity contribution in [3.05, 3.63) is 65.2 Å². The highest BCUT2D eigenvalue weighted by atomic mass is 32.1. The first-order valence-electron chi connectivity index (χ1n) is 10.3. The van der Waals surface area contributed by atoms with Crippen LogP contribution in [-0.2, 0) is 0 Å². The maximum atomic E-state index is 13.4. The van der Waals surface area contributed by atoms with E-state index in [9.17, 15) is 4.79 Å². The van der Waals surface area contributed by atoms with Crippen LogP contribution in [0.4, 0.5) is 0 Å². The highest BCUT2D eigenvalue weighted by molar-refractivity contribution is 7.13. The SMILES string of the molecule is Cc1cccc(OCCN(C)C(=O)c2cc(-c3cccs3)nc3c2cnn3C(C)C)c1. The minimum Gasteiger partial charge on any atom is -0.492 e. The average Bonchev–Trinajstić information content (AvgIpc) is 3.42. The fourth-order valence-electron chi connectivity index (χ4n) is 3.44. The number of nitrogens with zero attached hydrogens (tertiary/aromatic N) is 4. The van der Waals surface area contributed by atoms with E-state index in [-0.39, 0.29) is 11.9 Å². The van der Waals surface area contributed by atoms with Crippen molar-refractivity contribution < 1.29 is 9.53 Å². The Balaban J connectivity index is 1.60. The first-order chi connectivity index (χ1) is 14.9. The molecule has 7 heteroatoms. The van der Waals surface area contributed by atoms with Gasteiger partial charge >= 0.3 is 0 Å². The van der Waals surface area contributed by atoms with Gasteiger partial charge in [-0.15, -0.1) is 11.3 Å². The number of aryl methyl sites for hydroxylation is 1. The summed E-state index contributed by atoms with van der Waals surface area (Å²) in [6.07, 6.45) is 1.74. The summed E-state index contributed by atoms with van der Waals surface area (Å²) < 4.78 is 7.69. The number of fused-ring (bicyclic) bond motifs is 1. The first kappa shape index (κ1) is 21.1. The zero-order valence-corrected chi connectivity index (χ0v) is 19.0. The normalized spacial score (nSPS) is 11.3. The van der Waals surface area contributed by atoms with E-state index in [0.29, 0.717) is 18.7 Å². The van der Waals surface area contributed by atoms with Crippen LogP contribution in [0.3, 0.4) is 0 Å². The molecule has 0 aliphatic carbocycles. The Morgan fingerprint density at radius 3 is 2.77 bits per heavy atom. The fourth-order valence-corrected chi connectivity index (χ4v) is 4.12. The third-order valence-corrected chi connectivity index (χ3v) is 5.98. The van der Waals surface area contributed by atoms with Crippen molar-refractivity contribution >= 4 is 28.3 Å². The Labute approximate surface area is 186 Å². The zero-order chi connectivity index (χ0) is 22.0. The van der Waals surface area contributed by atoms with Crippen LogP contribution in [0.5, 0.6) is 5.75 Å². The number of thiophene rings is 1. The smallest absolute Gasteiger partial charge is 0.254 e. The summed E-state index contributed by atoms with van der Waals surface area (Å²) >= 11 is 1.61. The molecule has 0 aliphatic heterocycles. The van der Waals surface area contributed by atoms with Gasteiger partial charge in [-0.05, 0) is 56.0 Å². The van der Waals surface area contributed by atoms with Crippen LogP contribution in [0, 0.1) is 6.92 Å². The third-order valence-electron chi connectivity index (χ3n) is 5.09. The second-order valence-electron chi connectivity index (χ2n) is 7.84. The van der Waals surface area contributed by atoms with Crippen LogP contribution in [0.25, 0.3) is 21.6 Å². The van der Waals surface area contributed by atoms with E-state index >= 15 is 0 Å². The van der Waals surface area contributed by atoms with E-state index < -0.39 is 0 Å². The van der Waals surface area contributed by atoms with Gasteiger partial charge in [-0.1, -0.05) is 18.2 Å². The predicted molar refractivity (Wildman–Crippen MR) is 125 cm³/mol. The molecule has 1 aromatic carbocycles. The number of carbonyl (C=O) groups is 1. The van der Waals surface area contributed by atoms with Crippen molar-refractivity contribution in [3.8, 4) is 16.3 Å². The lowest BCUT2D eigenvalue weighted by Crippen LogP contribution is -2.31. The zero-order valence-electron chi connectivity index (χ0n) is 18.2. The molecule has 6 nitrogen and oxygen atoms in total. The Bertz CT molecular complexity index is 1200. The lowest BCUT2D eigenvalue weighted by molar-refractivity contribution is 0.0775. The fraction of sp³-hybridized carbons (Fsp3) is 0.292. The molecule has 0 bridgehead atoms. The summed E-state index contributed by atoms with van der Waals surface area (Å²) in [5.74, 6) is 0.742. The molecular formula is C24H26N4O2S. The van der Waals surface area contributed by atoms with Crippen molar-refractivity contribution in [2.75, 3.05) is 20.2 Å². The molecule has 0 aliphatic rings. The van der Waals surface area contributed by atoms with Crippen LogP contribution in [0.1, 0.15) is 35.8 Å². The molecule has 3 heterocycles. The second-order valence-corrected chi connectivity index (χ2v) is 8.79. The molecule has 0 saturated carbocycles. The number of rotatable bonds is 7. The molecular weight excluding hydrogens is 408 g/mol. The van der Waals surface area contributed by atoms with Gasteiger partial charge in [0.05, 0.1) is 34.3 Å². The van der Waals surface area contributed by atoms with E-state index in [1.807, 2.05) is 59.5 Å². The summed E-state index contributed by atoms with van der Waals surface area (Å²) in [5.41, 5.74) is 3.27. The molecule has 0 atom stereocenters. The lowest BCUT2D eigenvalue weighted by atomic mass is 10.1. The van der Waals surface area contributed by atoms with Crippen molar-refractivity contribution in [2.24, 2.45) is 0 Å². The molecule has 0 unspecified atom stereocenters. The minimum atomic E-state index is -0.0682. The van der Waals surface area contributed by atoms with Crippen molar-refractivity contribution in [2.45, 2.75) is 26.8 Å². The summed E-state index contributed by atoms with van der Waals surface area (Å²) in [6.45, 7) is 7.04. The van der Waals surface area contributed by atoms with Crippen LogP contribution < -0.4 is 4.74 Å². The molecule has 4 aromatic rings. The Kier molecular flexibility index (Phi) is 6.04. The van der Waals surface area contributed by atoms with E-state index in [0.717, 1.165) is 32.9 Å². The highest BCUT2D eigenvalue weighted by Crippen LogP contribution is 2.29. The van der Waals surface area contributed by atoms with Gasteiger partial charge < -0.3 is 9.64 Å². The van der Waals surface area contributed by atoms with Gasteiger partial charge in [-0.25, -0.2) is 9.67 Å². The van der Waals surface area contributed by atoms with Gasteiger partial charge in [0.2, 0.25) is 0 Å². The molecule has 31 heavy (non-hydrogen) atoms. The number of likely N-dealkylation sites (N-methyl/N-ethyl adjacent to an activating group) is 1. The standard InChI is InChI=1S/C24H26N4O2S/c1-16(2)28-23-20(15-25-28)19(14-21(26-23)22-9-6-12-31-22)24(29)27(4)10-11-30-18-8-5-7-17(3)13-18/h5-9,12-16H,10-11H2,1-4H3. The van der Waals surface area contributed by atoms with Gasteiger partial charge in [0.15, 0.2) is 5.65 Å². The maximum absolute atomic E-state index is 13.4. The van der Waals surface area contributed by atoms with Crippen LogP contribution in [0.15, 0.2) is 54.0 Å². The van der Waals surface area contributed by atoms with Crippen molar-refractivity contribution in [1.29, 1.82) is 0 Å². The van der Waals surface area contributed by atoms with E-state index in [4.69, 9.17) is 9.72 Å². The molecule has 0 N–H and O–H groups in total. The molecule has 0 spiro atoms. The Morgan fingerprint density at radius 1 is 1.23 bits per heavy atom. The van der Waals surface area contributed by atoms with Gasteiger partial charge in [0.25, 0.3) is 5.91 Å². The van der Waals surface area contributed by atoms with Crippen LogP contribution in [0.2, 0.25) is 0 Å². The Hall–Kier alpha value is -3.19. The average molecular weight is 435 g/mol. The van der Waals surface area contributed by atoms with Gasteiger partial charge in [-0.2, -0.15) is 5.10 Å². The summed E-state index contributed by atoms with van der Waals surface area (Å²) in [7, 11) is 1.80. The van der Waals surface area contributed by atoms with Gasteiger partial charge in [0, 0.05) is 13.1 Å². The van der Waals surface area contributed by atoms with E-state index in [1.165, 1.54) is 0 Å². The number of aromatic nitrogens is 3.